The van der Waals surface area contributed by atoms with Crippen molar-refractivity contribution in [2.24, 2.45) is 4.99 Å². The Morgan fingerprint density at radius 2 is 1.87 bits per heavy atom. The smallest absolute Gasteiger partial charge is 0.216 e. The fourth-order valence-corrected chi connectivity index (χ4v) is 3.07. The number of rotatable bonds is 9. The van der Waals surface area contributed by atoms with Gasteiger partial charge in [0.15, 0.2) is 17.5 Å². The second kappa shape index (κ2) is 11.0. The Morgan fingerprint density at radius 3 is 2.42 bits per heavy atom. The summed E-state index contributed by atoms with van der Waals surface area (Å²) in [5, 5.41) is 6.71. The van der Waals surface area contributed by atoms with Crippen molar-refractivity contribution in [1.29, 1.82) is 0 Å². The first-order chi connectivity index (χ1) is 14.7. The minimum absolute atomic E-state index is 0.0733. The minimum Gasteiger partial charge on any atom is -0.493 e. The lowest BCUT2D eigenvalue weighted by Gasteiger charge is -2.26. The summed E-state index contributed by atoms with van der Waals surface area (Å²) in [6.07, 6.45) is 1.78. The van der Waals surface area contributed by atoms with Crippen molar-refractivity contribution >= 4 is 5.96 Å². The van der Waals surface area contributed by atoms with Crippen LogP contribution in [0.15, 0.2) is 33.8 Å². The van der Waals surface area contributed by atoms with E-state index in [1.807, 2.05) is 33.2 Å². The number of guanidine groups is 1. The molecule has 2 aromatic rings. The first-order valence-electron chi connectivity index (χ1n) is 10.5. The van der Waals surface area contributed by atoms with Crippen molar-refractivity contribution in [3.63, 3.8) is 0 Å². The lowest BCUT2D eigenvalue weighted by molar-refractivity contribution is 0.295. The van der Waals surface area contributed by atoms with Gasteiger partial charge in [-0.15, -0.1) is 0 Å². The molecule has 1 aromatic heterocycles. The molecule has 0 saturated heterocycles. The molecule has 8 heteroatoms. The van der Waals surface area contributed by atoms with Crippen LogP contribution >= 0.6 is 0 Å². The molecule has 2 rings (SSSR count). The van der Waals surface area contributed by atoms with Gasteiger partial charge in [-0.1, -0.05) is 26.8 Å². The number of methoxy groups -OCH3 is 2. The highest BCUT2D eigenvalue weighted by Gasteiger charge is 2.20. The Kier molecular flexibility index (Phi) is 8.74. The molecule has 0 aliphatic carbocycles. The zero-order valence-corrected chi connectivity index (χ0v) is 20.1. The Labute approximate surface area is 186 Å². The molecule has 1 aromatic carbocycles. The van der Waals surface area contributed by atoms with Gasteiger partial charge in [0.2, 0.25) is 5.89 Å². The van der Waals surface area contributed by atoms with E-state index < -0.39 is 0 Å². The van der Waals surface area contributed by atoms with Crippen LogP contribution in [0.4, 0.5) is 0 Å². The van der Waals surface area contributed by atoms with Gasteiger partial charge < -0.3 is 29.4 Å². The van der Waals surface area contributed by atoms with Crippen LogP contribution in [0.25, 0.3) is 0 Å². The van der Waals surface area contributed by atoms with E-state index in [0.717, 1.165) is 17.9 Å². The maximum Gasteiger partial charge on any atom is 0.216 e. The van der Waals surface area contributed by atoms with E-state index in [1.165, 1.54) is 0 Å². The summed E-state index contributed by atoms with van der Waals surface area (Å²) in [6.45, 7) is 10.1. The van der Waals surface area contributed by atoms with Crippen LogP contribution in [-0.4, -0.2) is 57.2 Å². The highest BCUT2D eigenvalue weighted by Crippen LogP contribution is 2.31. The predicted octanol–water partition coefficient (Wildman–Crippen LogP) is 3.35. The number of benzene rings is 1. The van der Waals surface area contributed by atoms with Gasteiger partial charge in [-0.05, 0) is 38.7 Å². The Bertz CT molecular complexity index is 855. The number of ether oxygens (including phenoxy) is 2. The number of likely N-dealkylation sites (N-methyl/N-ethyl adjacent to an activating group) is 1. The quantitative estimate of drug-likeness (QED) is 0.465. The zero-order chi connectivity index (χ0) is 23.0. The summed E-state index contributed by atoms with van der Waals surface area (Å²) >= 11 is 0. The number of aliphatic imine (C=N–C) groups is 1. The molecule has 0 amide bonds. The largest absolute Gasteiger partial charge is 0.493 e. The highest BCUT2D eigenvalue weighted by molar-refractivity contribution is 5.79. The molecule has 0 spiro atoms. The van der Waals surface area contributed by atoms with Gasteiger partial charge in [0.1, 0.15) is 12.3 Å². The molecule has 0 fully saturated rings. The van der Waals surface area contributed by atoms with Gasteiger partial charge in [0, 0.05) is 18.5 Å². The average molecular weight is 432 g/mol. The first-order valence-corrected chi connectivity index (χ1v) is 10.5. The molecular formula is C23H37N5O3. The summed E-state index contributed by atoms with van der Waals surface area (Å²) < 4.78 is 16.7. The van der Waals surface area contributed by atoms with Crippen LogP contribution in [0.5, 0.6) is 11.5 Å². The SMILES string of the molecule is CCNC(=NCc1ncc(C(C)(C)C)o1)NCC(c1ccc(OC)c(OC)c1)N(C)C. The lowest BCUT2D eigenvalue weighted by Crippen LogP contribution is -2.41. The maximum absolute atomic E-state index is 5.85. The van der Waals surface area contributed by atoms with Gasteiger partial charge in [-0.25, -0.2) is 9.98 Å². The molecule has 8 nitrogen and oxygen atoms in total. The molecule has 1 unspecified atom stereocenters. The normalized spacial score (nSPS) is 13.3. The fourth-order valence-electron chi connectivity index (χ4n) is 3.07. The number of nitrogens with one attached hydrogen (secondary N) is 2. The van der Waals surface area contributed by atoms with Crippen molar-refractivity contribution in [3.05, 3.63) is 41.6 Å². The summed E-state index contributed by atoms with van der Waals surface area (Å²) in [7, 11) is 7.38. The van der Waals surface area contributed by atoms with Crippen LogP contribution in [0.2, 0.25) is 0 Å². The third-order valence-electron chi connectivity index (χ3n) is 4.89. The summed E-state index contributed by atoms with van der Waals surface area (Å²) in [5.41, 5.74) is 1.05. The monoisotopic (exact) mass is 431 g/mol. The second-order valence-corrected chi connectivity index (χ2v) is 8.54. The summed E-state index contributed by atoms with van der Waals surface area (Å²) in [4.78, 5) is 11.2. The first kappa shape index (κ1) is 24.5. The van der Waals surface area contributed by atoms with Crippen molar-refractivity contribution in [2.75, 3.05) is 41.4 Å². The van der Waals surface area contributed by atoms with Crippen molar-refractivity contribution < 1.29 is 13.9 Å². The zero-order valence-electron chi connectivity index (χ0n) is 20.1. The Balaban J connectivity index is 2.12. The van der Waals surface area contributed by atoms with E-state index in [2.05, 4.69) is 52.3 Å². The van der Waals surface area contributed by atoms with E-state index >= 15 is 0 Å². The van der Waals surface area contributed by atoms with Crippen molar-refractivity contribution in [1.82, 2.24) is 20.5 Å². The van der Waals surface area contributed by atoms with Gasteiger partial charge in [0.25, 0.3) is 0 Å². The summed E-state index contributed by atoms with van der Waals surface area (Å²) in [5.74, 6) is 3.60. The molecular weight excluding hydrogens is 394 g/mol. The van der Waals surface area contributed by atoms with E-state index in [-0.39, 0.29) is 11.5 Å². The van der Waals surface area contributed by atoms with Gasteiger partial charge in [0.05, 0.1) is 26.5 Å². The van der Waals surface area contributed by atoms with E-state index in [9.17, 15) is 0 Å². The predicted molar refractivity (Wildman–Crippen MR) is 124 cm³/mol. The van der Waals surface area contributed by atoms with Crippen molar-refractivity contribution in [3.8, 4) is 11.5 Å². The third-order valence-corrected chi connectivity index (χ3v) is 4.89. The molecule has 0 radical (unpaired) electrons. The Hall–Kier alpha value is -2.74. The molecule has 31 heavy (non-hydrogen) atoms. The molecule has 172 valence electrons. The van der Waals surface area contributed by atoms with Gasteiger partial charge >= 0.3 is 0 Å². The topological polar surface area (TPSA) is 84.2 Å². The maximum atomic E-state index is 5.85. The molecule has 0 aliphatic heterocycles. The van der Waals surface area contributed by atoms with Gasteiger partial charge in [-0.2, -0.15) is 0 Å². The van der Waals surface area contributed by atoms with Crippen LogP contribution in [0.1, 0.15) is 51.0 Å². The molecule has 0 saturated carbocycles. The Morgan fingerprint density at radius 1 is 1.16 bits per heavy atom. The van der Waals surface area contributed by atoms with E-state index in [1.54, 1.807) is 20.4 Å². The number of hydrogen-bond donors (Lipinski definition) is 2. The van der Waals surface area contributed by atoms with Crippen LogP contribution in [-0.2, 0) is 12.0 Å². The standard InChI is InChI=1S/C23H37N5O3/c1-9-24-22(27-15-21-25-14-20(31-21)23(2,3)4)26-13-17(28(5)6)16-10-11-18(29-7)19(12-16)30-8/h10-12,14,17H,9,13,15H2,1-8H3,(H2,24,26,27). The fraction of sp³-hybridized carbons (Fsp3) is 0.565. The van der Waals surface area contributed by atoms with Crippen LogP contribution < -0.4 is 20.1 Å². The number of aromatic nitrogens is 1. The average Bonchev–Trinajstić information content (AvgIpc) is 3.21. The van der Waals surface area contributed by atoms with Crippen molar-refractivity contribution in [2.45, 2.75) is 45.7 Å². The number of hydrogen-bond acceptors (Lipinski definition) is 6. The molecule has 2 N–H and O–H groups in total. The third kappa shape index (κ3) is 6.89. The summed E-state index contributed by atoms with van der Waals surface area (Å²) in [6, 6.07) is 6.10. The highest BCUT2D eigenvalue weighted by atomic mass is 16.5. The van der Waals surface area contributed by atoms with E-state index in [0.29, 0.717) is 36.4 Å². The minimum atomic E-state index is -0.0733. The van der Waals surface area contributed by atoms with E-state index in [4.69, 9.17) is 13.9 Å². The molecule has 0 aliphatic rings. The second-order valence-electron chi connectivity index (χ2n) is 8.54. The molecule has 1 heterocycles. The lowest BCUT2D eigenvalue weighted by atomic mass is 9.94. The van der Waals surface area contributed by atoms with Crippen LogP contribution in [0, 0.1) is 0 Å². The van der Waals surface area contributed by atoms with Gasteiger partial charge in [-0.3, -0.25) is 0 Å². The molecule has 0 bridgehead atoms. The van der Waals surface area contributed by atoms with Crippen LogP contribution in [0.3, 0.4) is 0 Å². The number of nitrogens with zero attached hydrogens (tertiary/aromatic N) is 3. The molecule has 1 atom stereocenters. The number of oxazole rings is 1.